The Kier molecular flexibility index (Phi) is 7.38. The second-order valence-electron chi connectivity index (χ2n) is 4.92. The summed E-state index contributed by atoms with van der Waals surface area (Å²) in [7, 11) is 0. The van der Waals surface area contributed by atoms with Gasteiger partial charge in [-0.2, -0.15) is 4.98 Å². The molecule has 4 atom stereocenters. The number of hydrogen-bond donors (Lipinski definition) is 6. The van der Waals surface area contributed by atoms with E-state index in [4.69, 9.17) is 25.8 Å². The zero-order valence-electron chi connectivity index (χ0n) is 12.8. The number of aliphatic hydroxyl groups is 3. The standard InChI is InChI=1S/C8H12N4O5.C4H6O4/c9-7-10-2-12(8(16)11-7)6-5(15)4(14)3(1-13)17-6;5-3(6)1-2-4(7)8/h2-6,13-15H,1H2,(H2,9,11,16);1-2H2,(H,5,6)(H,7,8)/t3-,4-,5-,6-;/m1./s1. The molecule has 0 amide bonds. The smallest absolute Gasteiger partial charge is 0.354 e. The molecule has 1 fully saturated rings. The van der Waals surface area contributed by atoms with Gasteiger partial charge in [0.05, 0.1) is 19.4 Å². The number of aliphatic carboxylic acids is 2. The van der Waals surface area contributed by atoms with Gasteiger partial charge < -0.3 is 36.0 Å². The number of carboxylic acids is 2. The fourth-order valence-electron chi connectivity index (χ4n) is 1.85. The van der Waals surface area contributed by atoms with E-state index in [0.29, 0.717) is 0 Å². The maximum absolute atomic E-state index is 11.5. The van der Waals surface area contributed by atoms with Gasteiger partial charge in [-0.1, -0.05) is 0 Å². The largest absolute Gasteiger partial charge is 0.481 e. The molecule has 1 saturated heterocycles. The molecule has 140 valence electrons. The number of rotatable bonds is 5. The van der Waals surface area contributed by atoms with Crippen molar-refractivity contribution in [2.45, 2.75) is 37.4 Å². The highest BCUT2D eigenvalue weighted by Gasteiger charge is 2.43. The highest BCUT2D eigenvalue weighted by Crippen LogP contribution is 2.27. The summed E-state index contributed by atoms with van der Waals surface area (Å²) in [5, 5.41) is 43.9. The van der Waals surface area contributed by atoms with Gasteiger partial charge in [0.25, 0.3) is 0 Å². The summed E-state index contributed by atoms with van der Waals surface area (Å²) in [5.41, 5.74) is 4.46. The minimum atomic E-state index is -1.35. The molecule has 13 nitrogen and oxygen atoms in total. The van der Waals surface area contributed by atoms with Crippen LogP contribution in [0.25, 0.3) is 0 Å². The number of nitrogens with zero attached hydrogens (tertiary/aromatic N) is 3. The third-order valence-electron chi connectivity index (χ3n) is 3.09. The van der Waals surface area contributed by atoms with Crippen LogP contribution in [-0.2, 0) is 14.3 Å². The molecule has 1 aliphatic heterocycles. The molecule has 2 heterocycles. The zero-order valence-corrected chi connectivity index (χ0v) is 12.8. The van der Waals surface area contributed by atoms with Gasteiger partial charge in [0.2, 0.25) is 5.95 Å². The first-order chi connectivity index (χ1) is 11.7. The molecule has 0 unspecified atom stereocenters. The quantitative estimate of drug-likeness (QED) is 0.304. The Bertz CT molecular complexity index is 650. The van der Waals surface area contributed by atoms with E-state index in [9.17, 15) is 24.6 Å². The molecule has 2 rings (SSSR count). The number of ether oxygens (including phenoxy) is 1. The lowest BCUT2D eigenvalue weighted by Gasteiger charge is -2.16. The monoisotopic (exact) mass is 362 g/mol. The SMILES string of the molecule is Nc1ncn([C@@H]2O[C@H](CO)[C@@H](O)[C@H]2O)c(=O)n1.O=C(O)CCC(=O)O. The summed E-state index contributed by atoms with van der Waals surface area (Å²) in [6, 6.07) is 0. The normalized spacial score (nSPS) is 25.1. The Hall–Kier alpha value is -2.61. The molecule has 0 aromatic carbocycles. The van der Waals surface area contributed by atoms with Gasteiger partial charge in [-0.15, -0.1) is 0 Å². The average molecular weight is 362 g/mol. The first-order valence-corrected chi connectivity index (χ1v) is 6.94. The van der Waals surface area contributed by atoms with E-state index >= 15 is 0 Å². The molecule has 1 aromatic rings. The van der Waals surface area contributed by atoms with Gasteiger partial charge in [-0.05, 0) is 0 Å². The Morgan fingerprint density at radius 2 is 1.76 bits per heavy atom. The lowest BCUT2D eigenvalue weighted by atomic mass is 10.1. The second kappa shape index (κ2) is 9.03. The number of aromatic nitrogens is 3. The fraction of sp³-hybridized carbons (Fsp3) is 0.583. The van der Waals surface area contributed by atoms with Crippen LogP contribution in [-0.4, -0.2) is 76.9 Å². The van der Waals surface area contributed by atoms with Crippen LogP contribution in [0.3, 0.4) is 0 Å². The van der Waals surface area contributed by atoms with Crippen molar-refractivity contribution in [3.63, 3.8) is 0 Å². The summed E-state index contributed by atoms with van der Waals surface area (Å²) < 4.78 is 6.04. The van der Waals surface area contributed by atoms with Crippen LogP contribution in [0.2, 0.25) is 0 Å². The van der Waals surface area contributed by atoms with Crippen LogP contribution in [0.1, 0.15) is 19.1 Å². The highest BCUT2D eigenvalue weighted by molar-refractivity contribution is 5.75. The maximum atomic E-state index is 11.5. The van der Waals surface area contributed by atoms with Crippen molar-refractivity contribution in [3.8, 4) is 0 Å². The predicted molar refractivity (Wildman–Crippen MR) is 78.2 cm³/mol. The summed E-state index contributed by atoms with van der Waals surface area (Å²) in [5.74, 6) is -2.35. The van der Waals surface area contributed by atoms with Crippen LogP contribution in [0.5, 0.6) is 0 Å². The first kappa shape index (κ1) is 20.4. The van der Waals surface area contributed by atoms with Crippen LogP contribution in [0, 0.1) is 0 Å². The lowest BCUT2D eigenvalue weighted by molar-refractivity contribution is -0.143. The molecule has 0 spiro atoms. The summed E-state index contributed by atoms with van der Waals surface area (Å²) in [6.07, 6.45) is -4.27. The van der Waals surface area contributed by atoms with Gasteiger partial charge in [-0.3, -0.25) is 14.2 Å². The van der Waals surface area contributed by atoms with Gasteiger partial charge in [0, 0.05) is 0 Å². The molecule has 0 radical (unpaired) electrons. The third kappa shape index (κ3) is 5.75. The van der Waals surface area contributed by atoms with Crippen LogP contribution >= 0.6 is 0 Å². The van der Waals surface area contributed by atoms with Crippen LogP contribution in [0.15, 0.2) is 11.1 Å². The van der Waals surface area contributed by atoms with Crippen molar-refractivity contribution >= 4 is 17.9 Å². The third-order valence-corrected chi connectivity index (χ3v) is 3.09. The Labute approximate surface area is 139 Å². The van der Waals surface area contributed by atoms with Crippen molar-refractivity contribution < 1.29 is 39.9 Å². The number of nitrogens with two attached hydrogens (primary N) is 1. The van der Waals surface area contributed by atoms with Gasteiger partial charge >= 0.3 is 17.6 Å². The lowest BCUT2D eigenvalue weighted by Crippen LogP contribution is -2.36. The molecule has 13 heteroatoms. The molecule has 25 heavy (non-hydrogen) atoms. The topological polar surface area (TPSA) is 218 Å². The molecule has 0 bridgehead atoms. The van der Waals surface area contributed by atoms with E-state index in [2.05, 4.69) is 9.97 Å². The number of aliphatic hydroxyl groups excluding tert-OH is 3. The highest BCUT2D eigenvalue weighted by atomic mass is 16.6. The zero-order chi connectivity index (χ0) is 19.1. The summed E-state index contributed by atoms with van der Waals surface area (Å²) >= 11 is 0. The Morgan fingerprint density at radius 3 is 2.16 bits per heavy atom. The number of hydrogen-bond acceptors (Lipinski definition) is 10. The van der Waals surface area contributed by atoms with Gasteiger partial charge in [0.15, 0.2) is 6.23 Å². The van der Waals surface area contributed by atoms with E-state index in [1.54, 1.807) is 0 Å². The Balaban J connectivity index is 0.000000333. The molecular formula is C12H18N4O9. The molecule has 1 aromatic heterocycles. The van der Waals surface area contributed by atoms with E-state index in [1.807, 2.05) is 0 Å². The number of anilines is 1. The van der Waals surface area contributed by atoms with Gasteiger partial charge in [0.1, 0.15) is 24.6 Å². The van der Waals surface area contributed by atoms with Crippen LogP contribution < -0.4 is 11.4 Å². The van der Waals surface area contributed by atoms with E-state index in [0.717, 1.165) is 10.9 Å². The first-order valence-electron chi connectivity index (χ1n) is 6.94. The maximum Gasteiger partial charge on any atom is 0.354 e. The number of carboxylic acid groups (broad SMARTS) is 2. The van der Waals surface area contributed by atoms with E-state index in [-0.39, 0.29) is 18.8 Å². The van der Waals surface area contributed by atoms with Crippen molar-refractivity contribution in [1.29, 1.82) is 0 Å². The van der Waals surface area contributed by atoms with Crippen molar-refractivity contribution in [3.05, 3.63) is 16.8 Å². The number of nitrogen functional groups attached to an aromatic ring is 1. The fourth-order valence-corrected chi connectivity index (χ4v) is 1.85. The summed E-state index contributed by atoms with van der Waals surface area (Å²) in [4.78, 5) is 37.7. The van der Waals surface area contributed by atoms with E-state index in [1.165, 1.54) is 0 Å². The van der Waals surface area contributed by atoms with Gasteiger partial charge in [-0.25, -0.2) is 9.78 Å². The minimum absolute atomic E-state index is 0.196. The molecule has 7 N–H and O–H groups in total. The average Bonchev–Trinajstić information content (AvgIpc) is 2.81. The molecular weight excluding hydrogens is 344 g/mol. The van der Waals surface area contributed by atoms with Crippen molar-refractivity contribution in [2.24, 2.45) is 0 Å². The molecule has 1 aliphatic rings. The van der Waals surface area contributed by atoms with Crippen LogP contribution in [0.4, 0.5) is 5.95 Å². The van der Waals surface area contributed by atoms with Crippen molar-refractivity contribution in [2.75, 3.05) is 12.3 Å². The van der Waals surface area contributed by atoms with E-state index < -0.39 is 48.8 Å². The second-order valence-corrected chi connectivity index (χ2v) is 4.92. The number of carbonyl (C=O) groups is 2. The molecule has 0 saturated carbocycles. The molecule has 0 aliphatic carbocycles. The summed E-state index contributed by atoms with van der Waals surface area (Å²) in [6.45, 7) is -0.473. The van der Waals surface area contributed by atoms with Crippen molar-refractivity contribution in [1.82, 2.24) is 14.5 Å². The minimum Gasteiger partial charge on any atom is -0.481 e. The Morgan fingerprint density at radius 1 is 1.20 bits per heavy atom. The predicted octanol–water partition coefficient (Wildman–Crippen LogP) is -3.23.